The zero-order valence-corrected chi connectivity index (χ0v) is 13.5. The molecule has 0 bridgehead atoms. The quantitative estimate of drug-likeness (QED) is 0.717. The molecule has 0 aliphatic heterocycles. The average Bonchev–Trinajstić information content (AvgIpc) is 2.44. The molecule has 4 heteroatoms. The van der Waals surface area contributed by atoms with Crippen LogP contribution < -0.4 is 5.32 Å². The molecule has 0 amide bonds. The van der Waals surface area contributed by atoms with Crippen molar-refractivity contribution in [2.75, 3.05) is 0 Å². The SMILES string of the molecule is CCC(NC(C)c1ccc(F)cc1Cl)c1cccc(Cl)c1. The van der Waals surface area contributed by atoms with Gasteiger partial charge in [0.1, 0.15) is 5.82 Å². The second-order valence-electron chi connectivity index (χ2n) is 5.07. The van der Waals surface area contributed by atoms with E-state index in [1.807, 2.05) is 31.2 Å². The van der Waals surface area contributed by atoms with E-state index in [1.165, 1.54) is 12.1 Å². The molecule has 0 spiro atoms. The molecule has 2 aromatic rings. The van der Waals surface area contributed by atoms with E-state index in [1.54, 1.807) is 6.07 Å². The Morgan fingerprint density at radius 3 is 2.52 bits per heavy atom. The molecule has 0 radical (unpaired) electrons. The Hall–Kier alpha value is -1.09. The summed E-state index contributed by atoms with van der Waals surface area (Å²) in [6.07, 6.45) is 0.920. The Balaban J connectivity index is 2.18. The fourth-order valence-electron chi connectivity index (χ4n) is 2.42. The molecule has 0 heterocycles. The van der Waals surface area contributed by atoms with Crippen molar-refractivity contribution in [3.05, 3.63) is 69.5 Å². The van der Waals surface area contributed by atoms with Crippen molar-refractivity contribution >= 4 is 23.2 Å². The van der Waals surface area contributed by atoms with Gasteiger partial charge in [0, 0.05) is 22.1 Å². The Morgan fingerprint density at radius 1 is 1.14 bits per heavy atom. The molecule has 0 aromatic heterocycles. The lowest BCUT2D eigenvalue weighted by molar-refractivity contribution is 0.456. The summed E-state index contributed by atoms with van der Waals surface area (Å²) in [5, 5.41) is 4.68. The van der Waals surface area contributed by atoms with Gasteiger partial charge in [-0.1, -0.05) is 48.3 Å². The van der Waals surface area contributed by atoms with Gasteiger partial charge >= 0.3 is 0 Å². The van der Waals surface area contributed by atoms with E-state index >= 15 is 0 Å². The van der Waals surface area contributed by atoms with E-state index in [2.05, 4.69) is 12.2 Å². The molecule has 2 unspecified atom stereocenters. The molecular weight excluding hydrogens is 308 g/mol. The molecule has 1 nitrogen and oxygen atoms in total. The highest BCUT2D eigenvalue weighted by atomic mass is 35.5. The van der Waals surface area contributed by atoms with Gasteiger partial charge in [-0.3, -0.25) is 0 Å². The van der Waals surface area contributed by atoms with Crippen LogP contribution in [0.25, 0.3) is 0 Å². The van der Waals surface area contributed by atoms with E-state index < -0.39 is 0 Å². The van der Waals surface area contributed by atoms with E-state index in [9.17, 15) is 4.39 Å². The third kappa shape index (κ3) is 4.19. The highest BCUT2D eigenvalue weighted by Gasteiger charge is 2.16. The van der Waals surface area contributed by atoms with Crippen LogP contribution in [0.3, 0.4) is 0 Å². The number of halogens is 3. The summed E-state index contributed by atoms with van der Waals surface area (Å²) in [4.78, 5) is 0. The molecule has 0 fully saturated rings. The maximum Gasteiger partial charge on any atom is 0.124 e. The smallest absolute Gasteiger partial charge is 0.124 e. The first-order chi connectivity index (χ1) is 10.0. The van der Waals surface area contributed by atoms with Crippen LogP contribution in [0.2, 0.25) is 10.0 Å². The summed E-state index contributed by atoms with van der Waals surface area (Å²) in [7, 11) is 0. The number of hydrogen-bond acceptors (Lipinski definition) is 1. The maximum atomic E-state index is 13.1. The van der Waals surface area contributed by atoms with Gasteiger partial charge < -0.3 is 5.32 Å². The van der Waals surface area contributed by atoms with Crippen molar-refractivity contribution in [1.29, 1.82) is 0 Å². The van der Waals surface area contributed by atoms with Gasteiger partial charge in [-0.2, -0.15) is 0 Å². The van der Waals surface area contributed by atoms with E-state index in [0.29, 0.717) is 5.02 Å². The molecule has 1 N–H and O–H groups in total. The molecule has 112 valence electrons. The van der Waals surface area contributed by atoms with Crippen molar-refractivity contribution < 1.29 is 4.39 Å². The van der Waals surface area contributed by atoms with Crippen molar-refractivity contribution in [3.8, 4) is 0 Å². The molecule has 0 saturated heterocycles. The van der Waals surface area contributed by atoms with Crippen LogP contribution in [0.4, 0.5) is 4.39 Å². The van der Waals surface area contributed by atoms with Gasteiger partial charge in [-0.15, -0.1) is 0 Å². The zero-order valence-electron chi connectivity index (χ0n) is 12.0. The van der Waals surface area contributed by atoms with Gasteiger partial charge in [-0.05, 0) is 48.7 Å². The lowest BCUT2D eigenvalue weighted by atomic mass is 10.0. The van der Waals surface area contributed by atoms with Crippen molar-refractivity contribution in [2.45, 2.75) is 32.4 Å². The van der Waals surface area contributed by atoms with Gasteiger partial charge in [0.25, 0.3) is 0 Å². The van der Waals surface area contributed by atoms with Gasteiger partial charge in [0.2, 0.25) is 0 Å². The van der Waals surface area contributed by atoms with E-state index in [0.717, 1.165) is 22.6 Å². The van der Waals surface area contributed by atoms with Crippen molar-refractivity contribution in [3.63, 3.8) is 0 Å². The Bertz CT molecular complexity index is 615. The highest BCUT2D eigenvalue weighted by Crippen LogP contribution is 2.28. The number of hydrogen-bond donors (Lipinski definition) is 1. The van der Waals surface area contributed by atoms with Gasteiger partial charge in [-0.25, -0.2) is 4.39 Å². The fraction of sp³-hybridized carbons (Fsp3) is 0.294. The molecule has 2 atom stereocenters. The molecule has 21 heavy (non-hydrogen) atoms. The normalized spacial score (nSPS) is 14.0. The lowest BCUT2D eigenvalue weighted by Crippen LogP contribution is -2.24. The summed E-state index contributed by atoms with van der Waals surface area (Å²) in [6.45, 7) is 4.13. The summed E-state index contributed by atoms with van der Waals surface area (Å²) in [5.74, 6) is -0.321. The van der Waals surface area contributed by atoms with E-state index in [-0.39, 0.29) is 17.9 Å². The van der Waals surface area contributed by atoms with Crippen LogP contribution in [0.15, 0.2) is 42.5 Å². The van der Waals surface area contributed by atoms with Crippen LogP contribution in [-0.4, -0.2) is 0 Å². The second kappa shape index (κ2) is 7.26. The molecular formula is C17H18Cl2FN. The first-order valence-corrected chi connectivity index (χ1v) is 7.73. The largest absolute Gasteiger partial charge is 0.303 e. The maximum absolute atomic E-state index is 13.1. The minimum absolute atomic E-state index is 0.0158. The second-order valence-corrected chi connectivity index (χ2v) is 5.91. The molecule has 0 saturated carbocycles. The monoisotopic (exact) mass is 325 g/mol. The van der Waals surface area contributed by atoms with Crippen LogP contribution in [-0.2, 0) is 0 Å². The van der Waals surface area contributed by atoms with Crippen LogP contribution in [0.1, 0.15) is 43.5 Å². The highest BCUT2D eigenvalue weighted by molar-refractivity contribution is 6.31. The Morgan fingerprint density at radius 2 is 1.90 bits per heavy atom. The summed E-state index contributed by atoms with van der Waals surface area (Å²) < 4.78 is 13.1. The molecule has 0 aliphatic carbocycles. The summed E-state index contributed by atoms with van der Waals surface area (Å²) in [5.41, 5.74) is 2.02. The van der Waals surface area contributed by atoms with Gasteiger partial charge in [0.15, 0.2) is 0 Å². The minimum Gasteiger partial charge on any atom is -0.303 e. The fourth-order valence-corrected chi connectivity index (χ4v) is 2.95. The number of benzene rings is 2. The average molecular weight is 326 g/mol. The predicted molar refractivity (Wildman–Crippen MR) is 87.4 cm³/mol. The Kier molecular flexibility index (Phi) is 5.63. The Labute approximate surface area is 135 Å². The summed E-state index contributed by atoms with van der Waals surface area (Å²) in [6, 6.07) is 12.5. The van der Waals surface area contributed by atoms with Crippen LogP contribution in [0.5, 0.6) is 0 Å². The molecule has 0 aliphatic rings. The topological polar surface area (TPSA) is 12.0 Å². The number of nitrogens with one attached hydrogen (secondary N) is 1. The first kappa shape index (κ1) is 16.3. The van der Waals surface area contributed by atoms with Crippen molar-refractivity contribution in [1.82, 2.24) is 5.32 Å². The minimum atomic E-state index is -0.321. The van der Waals surface area contributed by atoms with Crippen LogP contribution >= 0.6 is 23.2 Å². The number of rotatable bonds is 5. The van der Waals surface area contributed by atoms with Crippen molar-refractivity contribution in [2.24, 2.45) is 0 Å². The summed E-state index contributed by atoms with van der Waals surface area (Å²) >= 11 is 12.2. The third-order valence-electron chi connectivity index (χ3n) is 3.54. The third-order valence-corrected chi connectivity index (χ3v) is 4.10. The lowest BCUT2D eigenvalue weighted by Gasteiger charge is -2.24. The predicted octanol–water partition coefficient (Wildman–Crippen LogP) is 5.93. The molecule has 2 rings (SSSR count). The van der Waals surface area contributed by atoms with Gasteiger partial charge in [0.05, 0.1) is 0 Å². The van der Waals surface area contributed by atoms with Crippen LogP contribution in [0, 0.1) is 5.82 Å². The zero-order chi connectivity index (χ0) is 15.4. The molecule has 2 aromatic carbocycles. The first-order valence-electron chi connectivity index (χ1n) is 6.97. The standard InChI is InChI=1S/C17H18Cl2FN/c1-3-17(12-5-4-6-13(18)9-12)21-11(2)15-8-7-14(20)10-16(15)19/h4-11,17,21H,3H2,1-2H3. The van der Waals surface area contributed by atoms with E-state index in [4.69, 9.17) is 23.2 Å².